The summed E-state index contributed by atoms with van der Waals surface area (Å²) in [6, 6.07) is 10.2. The molecule has 156 valence electrons. The molecule has 0 aliphatic carbocycles. The lowest BCUT2D eigenvalue weighted by molar-refractivity contribution is -0.385. The van der Waals surface area contributed by atoms with Gasteiger partial charge in [-0.05, 0) is 38.1 Å². The minimum Gasteiger partial charge on any atom is -0.493 e. The van der Waals surface area contributed by atoms with Crippen LogP contribution in [0.3, 0.4) is 0 Å². The summed E-state index contributed by atoms with van der Waals surface area (Å²) in [5.41, 5.74) is -0.0953. The molecule has 0 radical (unpaired) electrons. The molecule has 0 heterocycles. The van der Waals surface area contributed by atoms with E-state index in [0.29, 0.717) is 11.3 Å². The topological polar surface area (TPSA) is 141 Å². The number of ether oxygens (including phenoxy) is 3. The first-order valence-electron chi connectivity index (χ1n) is 8.81. The number of nitrogens with one attached hydrogen (secondary N) is 1. The highest BCUT2D eigenvalue weighted by Gasteiger charge is 2.28. The molecular formula is C20H19N3O7. The van der Waals surface area contributed by atoms with Gasteiger partial charge in [0.05, 0.1) is 36.3 Å². The van der Waals surface area contributed by atoms with Gasteiger partial charge in [0.15, 0.2) is 17.6 Å². The van der Waals surface area contributed by atoms with Crippen molar-refractivity contribution in [3.8, 4) is 17.6 Å². The summed E-state index contributed by atoms with van der Waals surface area (Å²) in [7, 11) is 1.33. The minimum absolute atomic E-state index is 0.106. The van der Waals surface area contributed by atoms with E-state index in [0.717, 1.165) is 12.1 Å². The van der Waals surface area contributed by atoms with Crippen LogP contribution in [-0.4, -0.2) is 36.6 Å². The van der Waals surface area contributed by atoms with Crippen molar-refractivity contribution in [2.75, 3.05) is 19.0 Å². The Balaban J connectivity index is 2.19. The van der Waals surface area contributed by atoms with Crippen molar-refractivity contribution < 1.29 is 28.7 Å². The number of nitriles is 1. The molecule has 0 aliphatic rings. The minimum atomic E-state index is -1.25. The fourth-order valence-corrected chi connectivity index (χ4v) is 2.44. The lowest BCUT2D eigenvalue weighted by Crippen LogP contribution is -2.30. The van der Waals surface area contributed by atoms with Crippen LogP contribution in [0.1, 0.15) is 29.8 Å². The van der Waals surface area contributed by atoms with Crippen LogP contribution in [0.15, 0.2) is 36.4 Å². The van der Waals surface area contributed by atoms with E-state index < -0.39 is 28.6 Å². The number of anilines is 1. The molecule has 1 N–H and O–H groups in total. The zero-order chi connectivity index (χ0) is 22.3. The number of rotatable bonds is 8. The van der Waals surface area contributed by atoms with Crippen LogP contribution in [0.25, 0.3) is 0 Å². The van der Waals surface area contributed by atoms with Gasteiger partial charge in [0.1, 0.15) is 5.56 Å². The van der Waals surface area contributed by atoms with Gasteiger partial charge in [-0.25, -0.2) is 4.79 Å². The molecule has 30 heavy (non-hydrogen) atoms. The van der Waals surface area contributed by atoms with Crippen LogP contribution < -0.4 is 14.8 Å². The van der Waals surface area contributed by atoms with Crippen molar-refractivity contribution in [3.63, 3.8) is 0 Å². The predicted octanol–water partition coefficient (Wildman–Crippen LogP) is 3.06. The average molecular weight is 413 g/mol. The van der Waals surface area contributed by atoms with E-state index in [9.17, 15) is 19.7 Å². The van der Waals surface area contributed by atoms with Crippen molar-refractivity contribution in [1.82, 2.24) is 0 Å². The van der Waals surface area contributed by atoms with Crippen LogP contribution in [0.5, 0.6) is 11.5 Å². The number of nitro groups is 1. The Kier molecular flexibility index (Phi) is 7.30. The van der Waals surface area contributed by atoms with E-state index in [4.69, 9.17) is 19.5 Å². The lowest BCUT2D eigenvalue weighted by atomic mass is 10.1. The Labute approximate surface area is 172 Å². The highest BCUT2D eigenvalue weighted by atomic mass is 16.6. The van der Waals surface area contributed by atoms with E-state index in [-0.39, 0.29) is 23.7 Å². The van der Waals surface area contributed by atoms with Gasteiger partial charge in [0.25, 0.3) is 11.6 Å². The summed E-state index contributed by atoms with van der Waals surface area (Å²) < 4.78 is 15.5. The highest BCUT2D eigenvalue weighted by molar-refractivity contribution is 5.99. The first-order chi connectivity index (χ1) is 14.3. The fraction of sp³-hybridized carbons (Fsp3) is 0.250. The zero-order valence-corrected chi connectivity index (χ0v) is 16.5. The summed E-state index contributed by atoms with van der Waals surface area (Å²) in [5.74, 6) is -1.49. The number of carbonyl (C=O) groups is 2. The molecule has 10 heteroatoms. The second kappa shape index (κ2) is 9.88. The van der Waals surface area contributed by atoms with Crippen molar-refractivity contribution in [2.45, 2.75) is 20.0 Å². The number of esters is 1. The van der Waals surface area contributed by atoms with Gasteiger partial charge >= 0.3 is 5.97 Å². The summed E-state index contributed by atoms with van der Waals surface area (Å²) in [6.07, 6.45) is -1.25. The van der Waals surface area contributed by atoms with Gasteiger partial charge in [-0.2, -0.15) is 5.26 Å². The molecule has 0 saturated heterocycles. The second-order valence-electron chi connectivity index (χ2n) is 5.94. The third-order valence-corrected chi connectivity index (χ3v) is 3.93. The van der Waals surface area contributed by atoms with Gasteiger partial charge < -0.3 is 19.5 Å². The van der Waals surface area contributed by atoms with Gasteiger partial charge in [-0.15, -0.1) is 0 Å². The number of amides is 1. The van der Waals surface area contributed by atoms with Crippen molar-refractivity contribution in [3.05, 3.63) is 57.6 Å². The van der Waals surface area contributed by atoms with Crippen LogP contribution in [0.4, 0.5) is 11.4 Å². The normalized spacial score (nSPS) is 11.0. The standard InChI is InChI=1S/C20H19N3O7/c1-4-29-18-10-16(23(26)27)15(9-17(18)28-3)20(25)30-12(2)19(24)22-14-7-5-13(11-21)6-8-14/h5-10,12H,4H2,1-3H3,(H,22,24)/t12-/m0/s1. The number of methoxy groups -OCH3 is 1. The van der Waals surface area contributed by atoms with Crippen molar-refractivity contribution in [2.24, 2.45) is 0 Å². The van der Waals surface area contributed by atoms with Crippen molar-refractivity contribution in [1.29, 1.82) is 5.26 Å². The summed E-state index contributed by atoms with van der Waals surface area (Å²) in [4.78, 5) is 35.4. The third-order valence-electron chi connectivity index (χ3n) is 3.93. The SMILES string of the molecule is CCOc1cc([N+](=O)[O-])c(C(=O)O[C@@H](C)C(=O)Nc2ccc(C#N)cc2)cc1OC. The maximum Gasteiger partial charge on any atom is 0.346 e. The van der Waals surface area contributed by atoms with Crippen LogP contribution in [-0.2, 0) is 9.53 Å². The van der Waals surface area contributed by atoms with Gasteiger partial charge in [0.2, 0.25) is 0 Å². The number of benzene rings is 2. The number of nitrogens with zero attached hydrogens (tertiary/aromatic N) is 2. The quantitative estimate of drug-likeness (QED) is 0.395. The fourth-order valence-electron chi connectivity index (χ4n) is 2.44. The lowest BCUT2D eigenvalue weighted by Gasteiger charge is -2.15. The van der Waals surface area contributed by atoms with Gasteiger partial charge in [-0.3, -0.25) is 14.9 Å². The highest BCUT2D eigenvalue weighted by Crippen LogP contribution is 2.35. The monoisotopic (exact) mass is 413 g/mol. The molecule has 0 bridgehead atoms. The van der Waals surface area contributed by atoms with Gasteiger partial charge in [0, 0.05) is 11.8 Å². The molecule has 2 aromatic carbocycles. The molecule has 0 aromatic heterocycles. The molecule has 2 rings (SSSR count). The molecule has 1 atom stereocenters. The van der Waals surface area contributed by atoms with E-state index in [2.05, 4.69) is 5.32 Å². The summed E-state index contributed by atoms with van der Waals surface area (Å²) in [5, 5.41) is 22.7. The zero-order valence-electron chi connectivity index (χ0n) is 16.5. The number of hydrogen-bond acceptors (Lipinski definition) is 8. The Morgan fingerprint density at radius 3 is 2.43 bits per heavy atom. The molecule has 0 aliphatic heterocycles. The van der Waals surface area contributed by atoms with Crippen LogP contribution in [0.2, 0.25) is 0 Å². The van der Waals surface area contributed by atoms with Gasteiger partial charge in [-0.1, -0.05) is 0 Å². The molecule has 1 amide bonds. The Hall–Kier alpha value is -4.13. The summed E-state index contributed by atoms with van der Waals surface area (Å²) >= 11 is 0. The molecular weight excluding hydrogens is 394 g/mol. The van der Waals surface area contributed by atoms with Crippen molar-refractivity contribution >= 4 is 23.3 Å². The predicted molar refractivity (Wildman–Crippen MR) is 105 cm³/mol. The van der Waals surface area contributed by atoms with Crippen LogP contribution >= 0.6 is 0 Å². The number of hydrogen-bond donors (Lipinski definition) is 1. The maximum atomic E-state index is 12.5. The van der Waals surface area contributed by atoms with E-state index in [1.54, 1.807) is 6.92 Å². The Morgan fingerprint density at radius 1 is 1.23 bits per heavy atom. The summed E-state index contributed by atoms with van der Waals surface area (Å²) in [6.45, 7) is 3.26. The van der Waals surface area contributed by atoms with Crippen LogP contribution in [0, 0.1) is 21.4 Å². The first-order valence-corrected chi connectivity index (χ1v) is 8.81. The molecule has 2 aromatic rings. The molecule has 10 nitrogen and oxygen atoms in total. The molecule has 0 unspecified atom stereocenters. The van der Waals surface area contributed by atoms with E-state index >= 15 is 0 Å². The molecule has 0 saturated carbocycles. The second-order valence-corrected chi connectivity index (χ2v) is 5.94. The molecule has 0 spiro atoms. The Bertz CT molecular complexity index is 997. The average Bonchev–Trinajstić information content (AvgIpc) is 2.73. The number of carbonyl (C=O) groups excluding carboxylic acids is 2. The first kappa shape index (κ1) is 22.2. The smallest absolute Gasteiger partial charge is 0.346 e. The largest absolute Gasteiger partial charge is 0.493 e. The molecule has 0 fully saturated rings. The third kappa shape index (κ3) is 5.23. The van der Waals surface area contributed by atoms with E-state index in [1.165, 1.54) is 38.3 Å². The van der Waals surface area contributed by atoms with E-state index in [1.807, 2.05) is 6.07 Å². The Morgan fingerprint density at radius 2 is 1.90 bits per heavy atom. The maximum absolute atomic E-state index is 12.5. The number of nitro benzene ring substituents is 1.